The van der Waals surface area contributed by atoms with E-state index in [4.69, 9.17) is 23.2 Å². The van der Waals surface area contributed by atoms with Gasteiger partial charge in [0, 0.05) is 5.03 Å². The highest BCUT2D eigenvalue weighted by Gasteiger charge is 1.79. The van der Waals surface area contributed by atoms with Crippen LogP contribution in [0.1, 0.15) is 13.3 Å². The van der Waals surface area contributed by atoms with Crippen molar-refractivity contribution in [3.05, 3.63) is 10.6 Å². The van der Waals surface area contributed by atoms with E-state index in [1.165, 1.54) is 0 Å². The summed E-state index contributed by atoms with van der Waals surface area (Å²) in [6, 6.07) is 0. The van der Waals surface area contributed by atoms with Crippen LogP contribution in [0.3, 0.4) is 0 Å². The first-order valence-electron chi connectivity index (χ1n) is 1.69. The molecule has 0 rings (SSSR count). The lowest BCUT2D eigenvalue weighted by atomic mass is 10.5. The Labute approximate surface area is 47.8 Å². The predicted molar refractivity (Wildman–Crippen MR) is 28.8 cm³/mol. The maximum Gasteiger partial charge on any atom is 0.0748 e. The predicted octanol–water partition coefficient (Wildman–Crippen LogP) is 2.52. The van der Waals surface area contributed by atoms with Crippen molar-refractivity contribution in [3.63, 3.8) is 0 Å². The first-order chi connectivity index (χ1) is 2.81. The third kappa shape index (κ3) is 2.55. The Kier molecular flexibility index (Phi) is 3.70. The van der Waals surface area contributed by atoms with E-state index in [1.54, 1.807) is 0 Å². The first kappa shape index (κ1) is 6.32. The fourth-order valence-corrected chi connectivity index (χ4v) is 0.200. The zero-order chi connectivity index (χ0) is 4.99. The van der Waals surface area contributed by atoms with Gasteiger partial charge in [0.25, 0.3) is 0 Å². The van der Waals surface area contributed by atoms with E-state index in [2.05, 4.69) is 5.54 Å². The second-order valence-corrected chi connectivity index (χ2v) is 1.50. The third-order valence-corrected chi connectivity index (χ3v) is 1.10. The van der Waals surface area contributed by atoms with Crippen LogP contribution >= 0.6 is 23.2 Å². The van der Waals surface area contributed by atoms with E-state index in [0.29, 0.717) is 5.03 Å². The van der Waals surface area contributed by atoms with Crippen molar-refractivity contribution in [2.75, 3.05) is 0 Å². The molecule has 0 aromatic heterocycles. The summed E-state index contributed by atoms with van der Waals surface area (Å²) >= 11 is 10.4. The topological polar surface area (TPSA) is 0 Å². The van der Waals surface area contributed by atoms with E-state index >= 15 is 0 Å². The van der Waals surface area contributed by atoms with Gasteiger partial charge in [0.15, 0.2) is 0 Å². The molecule has 0 N–H and O–H groups in total. The molecule has 0 saturated heterocycles. The molecule has 0 aromatic carbocycles. The molecule has 0 atom stereocenters. The zero-order valence-corrected chi connectivity index (χ0v) is 4.97. The lowest BCUT2D eigenvalue weighted by molar-refractivity contribution is 1.19. The summed E-state index contributed by atoms with van der Waals surface area (Å²) < 4.78 is 0. The molecule has 0 aliphatic rings. The monoisotopic (exact) mass is 123 g/mol. The summed E-state index contributed by atoms with van der Waals surface area (Å²) in [4.78, 5) is 0. The summed E-state index contributed by atoms with van der Waals surface area (Å²) in [7, 11) is 0. The van der Waals surface area contributed by atoms with Gasteiger partial charge in [-0.2, -0.15) is 0 Å². The minimum Gasteiger partial charge on any atom is -0.0875 e. The Hall–Kier alpha value is 0.320. The molecule has 1 radical (unpaired) electrons. The molecule has 0 bridgehead atoms. The van der Waals surface area contributed by atoms with Crippen LogP contribution in [0.5, 0.6) is 0 Å². The molecular weight excluding hydrogens is 119 g/mol. The highest BCUT2D eigenvalue weighted by atomic mass is 35.5. The van der Waals surface area contributed by atoms with Crippen LogP contribution in [-0.2, 0) is 0 Å². The van der Waals surface area contributed by atoms with Crippen molar-refractivity contribution in [2.24, 2.45) is 0 Å². The molecule has 2 heteroatoms. The Balaban J connectivity index is 3.22. The normalized spacial score (nSPS) is 12.2. The molecule has 0 aliphatic carbocycles. The van der Waals surface area contributed by atoms with Gasteiger partial charge in [0.05, 0.1) is 5.54 Å². The summed E-state index contributed by atoms with van der Waals surface area (Å²) in [5, 5.41) is 0.580. The maximum atomic E-state index is 5.32. The summed E-state index contributed by atoms with van der Waals surface area (Å²) in [5.41, 5.74) is 2.27. The van der Waals surface area contributed by atoms with Crippen LogP contribution in [0, 0.1) is 5.54 Å². The molecule has 0 saturated carbocycles. The average Bonchev–Trinajstić information content (AvgIpc) is 1.65. The van der Waals surface area contributed by atoms with Crippen LogP contribution in [0.4, 0.5) is 0 Å². The van der Waals surface area contributed by atoms with Crippen LogP contribution in [0.15, 0.2) is 5.03 Å². The van der Waals surface area contributed by atoms with Crippen molar-refractivity contribution in [1.82, 2.24) is 0 Å². The molecule has 0 spiro atoms. The standard InChI is InChI=1S/C4H5Cl2/c1-2-4(6)3-5/h2H2,1H3. The molecule has 0 heterocycles. The van der Waals surface area contributed by atoms with Crippen molar-refractivity contribution >= 4 is 23.2 Å². The minimum atomic E-state index is 0.580. The van der Waals surface area contributed by atoms with Crippen LogP contribution in [0.2, 0.25) is 0 Å². The number of hydrogen-bond donors (Lipinski definition) is 0. The highest BCUT2D eigenvalue weighted by molar-refractivity contribution is 6.34. The van der Waals surface area contributed by atoms with Gasteiger partial charge in [0.2, 0.25) is 0 Å². The number of rotatable bonds is 1. The van der Waals surface area contributed by atoms with Crippen LogP contribution < -0.4 is 0 Å². The van der Waals surface area contributed by atoms with Crippen molar-refractivity contribution in [3.8, 4) is 0 Å². The first-order valence-corrected chi connectivity index (χ1v) is 2.44. The van der Waals surface area contributed by atoms with Gasteiger partial charge in [-0.1, -0.05) is 30.1 Å². The Morgan fingerprint density at radius 1 is 1.83 bits per heavy atom. The molecule has 0 nitrogen and oxygen atoms in total. The number of hydrogen-bond acceptors (Lipinski definition) is 0. The SMILES string of the molecule is CC/C(Cl)=[C]\Cl. The van der Waals surface area contributed by atoms with Gasteiger partial charge in [-0.15, -0.1) is 0 Å². The van der Waals surface area contributed by atoms with Crippen LogP contribution in [0.25, 0.3) is 0 Å². The van der Waals surface area contributed by atoms with E-state index in [1.807, 2.05) is 6.92 Å². The number of halogens is 2. The van der Waals surface area contributed by atoms with Crippen LogP contribution in [-0.4, -0.2) is 0 Å². The molecule has 0 amide bonds. The summed E-state index contributed by atoms with van der Waals surface area (Å²) in [5.74, 6) is 0. The van der Waals surface area contributed by atoms with E-state index < -0.39 is 0 Å². The van der Waals surface area contributed by atoms with Crippen molar-refractivity contribution < 1.29 is 0 Å². The second-order valence-electron chi connectivity index (χ2n) is 0.853. The van der Waals surface area contributed by atoms with Gasteiger partial charge < -0.3 is 0 Å². The Morgan fingerprint density at radius 3 is 2.33 bits per heavy atom. The molecule has 0 aromatic rings. The molecule has 0 aliphatic heterocycles. The van der Waals surface area contributed by atoms with Gasteiger partial charge in [0.1, 0.15) is 0 Å². The highest BCUT2D eigenvalue weighted by Crippen LogP contribution is 2.04. The lowest BCUT2D eigenvalue weighted by Gasteiger charge is -1.78. The second kappa shape index (κ2) is 3.51. The summed E-state index contributed by atoms with van der Waals surface area (Å²) in [6.45, 7) is 1.91. The van der Waals surface area contributed by atoms with Crippen molar-refractivity contribution in [1.29, 1.82) is 0 Å². The van der Waals surface area contributed by atoms with E-state index in [0.717, 1.165) is 6.42 Å². The molecule has 0 fully saturated rings. The molecule has 35 valence electrons. The van der Waals surface area contributed by atoms with E-state index in [9.17, 15) is 0 Å². The molecule has 0 unspecified atom stereocenters. The average molecular weight is 124 g/mol. The van der Waals surface area contributed by atoms with Gasteiger partial charge >= 0.3 is 0 Å². The number of allylic oxidation sites excluding steroid dienone is 1. The molecular formula is C4H5Cl2. The van der Waals surface area contributed by atoms with Gasteiger partial charge in [-0.25, -0.2) is 0 Å². The smallest absolute Gasteiger partial charge is 0.0748 e. The quantitative estimate of drug-likeness (QED) is 0.503. The fourth-order valence-electron chi connectivity index (χ4n) is 0.0668. The fraction of sp³-hybridized carbons (Fsp3) is 0.500. The zero-order valence-electron chi connectivity index (χ0n) is 3.46. The van der Waals surface area contributed by atoms with E-state index in [-0.39, 0.29) is 0 Å². The maximum absolute atomic E-state index is 5.32. The Morgan fingerprint density at radius 2 is 2.33 bits per heavy atom. The largest absolute Gasteiger partial charge is 0.0875 e. The summed E-state index contributed by atoms with van der Waals surface area (Å²) in [6.07, 6.45) is 0.769. The minimum absolute atomic E-state index is 0.580. The Bertz CT molecular complexity index is 56.6. The molecule has 6 heavy (non-hydrogen) atoms. The van der Waals surface area contributed by atoms with Crippen molar-refractivity contribution in [2.45, 2.75) is 13.3 Å². The van der Waals surface area contributed by atoms with Gasteiger partial charge in [-0.05, 0) is 6.42 Å². The third-order valence-electron chi connectivity index (χ3n) is 0.413. The van der Waals surface area contributed by atoms with Gasteiger partial charge in [-0.3, -0.25) is 0 Å². The lowest BCUT2D eigenvalue weighted by Crippen LogP contribution is -1.57.